The number of benzene rings is 2. The molecule has 132 valence electrons. The van der Waals surface area contributed by atoms with Crippen molar-refractivity contribution < 1.29 is 23.4 Å². The zero-order valence-electron chi connectivity index (χ0n) is 13.7. The normalized spacial score (nSPS) is 10.9. The van der Waals surface area contributed by atoms with Crippen molar-refractivity contribution in [1.29, 1.82) is 0 Å². The van der Waals surface area contributed by atoms with Crippen molar-refractivity contribution in [1.82, 2.24) is 11.0 Å². The lowest BCUT2D eigenvalue weighted by atomic mass is 10.1. The van der Waals surface area contributed by atoms with E-state index in [1.807, 2.05) is 12.1 Å². The molecule has 0 spiro atoms. The molecule has 25 heavy (non-hydrogen) atoms. The number of amides is 2. The summed E-state index contributed by atoms with van der Waals surface area (Å²) in [6, 6.07) is 18.0. The Labute approximate surface area is 145 Å². The maximum atomic E-state index is 12.1. The summed E-state index contributed by atoms with van der Waals surface area (Å²) in [6.45, 7) is 1.14. The molecule has 2 aromatic carbocycles. The largest absolute Gasteiger partial charge is 0.369 e. The molecule has 2 aromatic rings. The lowest BCUT2D eigenvalue weighted by Crippen LogP contribution is -2.28. The number of hydrogen-bond donors (Lipinski definition) is 2. The molecule has 0 unspecified atom stereocenters. The van der Waals surface area contributed by atoms with Crippen molar-refractivity contribution in [3.8, 4) is 0 Å². The van der Waals surface area contributed by atoms with Crippen molar-refractivity contribution in [3.05, 3.63) is 71.8 Å². The summed E-state index contributed by atoms with van der Waals surface area (Å²) in [5, 5.41) is 0. The van der Waals surface area contributed by atoms with Gasteiger partial charge in [-0.05, 0) is 11.1 Å². The van der Waals surface area contributed by atoms with Gasteiger partial charge < -0.3 is 0 Å². The second kappa shape index (κ2) is 9.13. The van der Waals surface area contributed by atoms with E-state index in [0.29, 0.717) is 0 Å². The first-order valence-corrected chi connectivity index (χ1v) is 9.54. The second-order valence-electron chi connectivity index (χ2n) is 5.33. The zero-order chi connectivity index (χ0) is 18.1. The number of carbonyl (C=O) groups is 2. The van der Waals surface area contributed by atoms with Crippen LogP contribution in [0.1, 0.15) is 11.1 Å². The molecule has 0 bridgehead atoms. The van der Waals surface area contributed by atoms with Crippen LogP contribution >= 0.6 is 7.60 Å². The highest BCUT2D eigenvalue weighted by molar-refractivity contribution is 7.52. The summed E-state index contributed by atoms with van der Waals surface area (Å²) in [4.78, 5) is 23.5. The van der Waals surface area contributed by atoms with E-state index in [-0.39, 0.29) is 12.8 Å². The Morgan fingerprint density at radius 1 is 0.800 bits per heavy atom. The van der Waals surface area contributed by atoms with Crippen LogP contribution in [0, 0.1) is 0 Å². The molecular formula is C17H19N2O5P. The maximum absolute atomic E-state index is 12.1. The fraction of sp³-hybridized carbons (Fsp3) is 0.176. The summed E-state index contributed by atoms with van der Waals surface area (Å²) >= 11 is 0. The van der Waals surface area contributed by atoms with Crippen molar-refractivity contribution in [2.45, 2.75) is 12.8 Å². The highest BCUT2D eigenvalue weighted by Gasteiger charge is 2.21. The lowest BCUT2D eigenvalue weighted by Gasteiger charge is -2.14. The predicted octanol–water partition coefficient (Wildman–Crippen LogP) is 2.39. The molecule has 0 aliphatic rings. The Kier molecular flexibility index (Phi) is 6.89. The van der Waals surface area contributed by atoms with E-state index in [2.05, 4.69) is 11.0 Å². The molecule has 0 atom stereocenters. The molecule has 2 N–H and O–H groups in total. The van der Waals surface area contributed by atoms with Crippen LogP contribution < -0.4 is 11.0 Å². The number of hydroxylamine groups is 2. The maximum Gasteiger partial charge on any atom is 0.369 e. The minimum absolute atomic E-state index is 0.0706. The van der Waals surface area contributed by atoms with Crippen LogP contribution in [0.25, 0.3) is 0 Å². The number of carbonyl (C=O) groups excluding carboxylic acids is 2. The van der Waals surface area contributed by atoms with E-state index in [1.165, 1.54) is 0 Å². The Morgan fingerprint density at radius 3 is 1.52 bits per heavy atom. The molecule has 8 heteroatoms. The summed E-state index contributed by atoms with van der Waals surface area (Å²) in [6.07, 6.45) is 0.141. The topological polar surface area (TPSA) is 93.7 Å². The van der Waals surface area contributed by atoms with Gasteiger partial charge in [0.05, 0.1) is 12.8 Å². The minimum atomic E-state index is -3.67. The minimum Gasteiger partial charge on any atom is -0.272 e. The quantitative estimate of drug-likeness (QED) is 0.556. The highest BCUT2D eigenvalue weighted by Crippen LogP contribution is 2.41. The first-order valence-electron chi connectivity index (χ1n) is 7.55. The van der Waals surface area contributed by atoms with Gasteiger partial charge in [0.2, 0.25) is 11.8 Å². The molecule has 0 saturated carbocycles. The van der Waals surface area contributed by atoms with Crippen LogP contribution in [0.15, 0.2) is 60.7 Å². The molecule has 0 aliphatic heterocycles. The molecule has 2 rings (SSSR count). The Hall–Kier alpha value is -2.47. The van der Waals surface area contributed by atoms with Crippen LogP contribution in [0.3, 0.4) is 0 Å². The van der Waals surface area contributed by atoms with Crippen LogP contribution in [-0.4, -0.2) is 18.5 Å². The van der Waals surface area contributed by atoms with Crippen LogP contribution in [0.5, 0.6) is 0 Å². The van der Waals surface area contributed by atoms with Crippen molar-refractivity contribution >= 4 is 19.4 Å². The lowest BCUT2D eigenvalue weighted by molar-refractivity contribution is -0.129. The van der Waals surface area contributed by atoms with Crippen molar-refractivity contribution in [3.63, 3.8) is 0 Å². The van der Waals surface area contributed by atoms with Gasteiger partial charge >= 0.3 is 7.60 Å². The number of rotatable bonds is 8. The summed E-state index contributed by atoms with van der Waals surface area (Å²) in [5.41, 5.74) is 5.70. The molecule has 0 aromatic heterocycles. The third-order valence-corrected chi connectivity index (χ3v) is 3.91. The molecule has 0 aliphatic carbocycles. The molecule has 0 fully saturated rings. The van der Waals surface area contributed by atoms with Gasteiger partial charge in [-0.2, -0.15) is 9.25 Å². The van der Waals surface area contributed by atoms with Gasteiger partial charge in [0.25, 0.3) is 0 Å². The standard InChI is InChI=1S/C17H19N2O5P/c1-25(22,23-18-16(20)12-14-8-4-2-5-9-14)24-19-17(21)13-15-10-6-3-7-11-15/h2-11H,12-13H2,1H3,(H,18,20)(H,19,21). The summed E-state index contributed by atoms with van der Waals surface area (Å²) < 4.78 is 21.6. The van der Waals surface area contributed by atoms with E-state index in [9.17, 15) is 14.2 Å². The molecule has 0 radical (unpaired) electrons. The van der Waals surface area contributed by atoms with E-state index in [4.69, 9.17) is 9.25 Å². The molecule has 0 saturated heterocycles. The van der Waals surface area contributed by atoms with Gasteiger partial charge in [-0.3, -0.25) is 14.2 Å². The monoisotopic (exact) mass is 362 g/mol. The van der Waals surface area contributed by atoms with Crippen molar-refractivity contribution in [2.75, 3.05) is 6.66 Å². The Balaban J connectivity index is 1.72. The average molecular weight is 362 g/mol. The molecular weight excluding hydrogens is 343 g/mol. The third-order valence-electron chi connectivity index (χ3n) is 3.07. The van der Waals surface area contributed by atoms with Crippen LogP contribution in [0.4, 0.5) is 0 Å². The Morgan fingerprint density at radius 2 is 1.16 bits per heavy atom. The van der Waals surface area contributed by atoms with Gasteiger partial charge in [-0.25, -0.2) is 11.0 Å². The first kappa shape index (κ1) is 18.9. The van der Waals surface area contributed by atoms with Crippen LogP contribution in [0.2, 0.25) is 0 Å². The highest BCUT2D eigenvalue weighted by atomic mass is 31.2. The molecule has 7 nitrogen and oxygen atoms in total. The van der Waals surface area contributed by atoms with Gasteiger partial charge in [-0.1, -0.05) is 60.7 Å². The second-order valence-corrected chi connectivity index (χ2v) is 7.24. The fourth-order valence-electron chi connectivity index (χ4n) is 1.92. The van der Waals surface area contributed by atoms with Crippen molar-refractivity contribution in [2.24, 2.45) is 0 Å². The van der Waals surface area contributed by atoms with E-state index in [1.54, 1.807) is 48.5 Å². The third kappa shape index (κ3) is 7.30. The summed E-state index contributed by atoms with van der Waals surface area (Å²) in [7, 11) is -3.67. The van der Waals surface area contributed by atoms with E-state index < -0.39 is 19.4 Å². The molecule has 0 heterocycles. The van der Waals surface area contributed by atoms with E-state index >= 15 is 0 Å². The number of hydrogen-bond acceptors (Lipinski definition) is 5. The average Bonchev–Trinajstić information content (AvgIpc) is 2.60. The van der Waals surface area contributed by atoms with E-state index in [0.717, 1.165) is 17.8 Å². The van der Waals surface area contributed by atoms with Gasteiger partial charge in [-0.15, -0.1) is 0 Å². The Bertz CT molecular complexity index is 691. The van der Waals surface area contributed by atoms with Gasteiger partial charge in [0, 0.05) is 6.66 Å². The van der Waals surface area contributed by atoms with Gasteiger partial charge in [0.1, 0.15) is 0 Å². The summed E-state index contributed by atoms with van der Waals surface area (Å²) in [5.74, 6) is -0.958. The fourth-order valence-corrected chi connectivity index (χ4v) is 2.49. The predicted molar refractivity (Wildman–Crippen MR) is 92.3 cm³/mol. The first-order chi connectivity index (χ1) is 11.9. The van der Waals surface area contributed by atoms with Crippen LogP contribution in [-0.2, 0) is 36.2 Å². The smallest absolute Gasteiger partial charge is 0.272 e. The van der Waals surface area contributed by atoms with Gasteiger partial charge in [0.15, 0.2) is 0 Å². The SMILES string of the molecule is CP(=O)(ONC(=O)Cc1ccccc1)ONC(=O)Cc1ccccc1. The molecule has 2 amide bonds. The number of nitrogens with one attached hydrogen (secondary N) is 2. The zero-order valence-corrected chi connectivity index (χ0v) is 14.6.